The largest absolute Gasteiger partial charge is 0.465 e. The quantitative estimate of drug-likeness (QED) is 0.501. The summed E-state index contributed by atoms with van der Waals surface area (Å²) in [6.07, 6.45) is 1.19. The van der Waals surface area contributed by atoms with Crippen molar-refractivity contribution in [2.45, 2.75) is 6.92 Å². The summed E-state index contributed by atoms with van der Waals surface area (Å²) in [4.78, 5) is 23.0. The molecular formula is C14H14N2O4. The SMILES string of the molecule is CCOC(=O)/C(C#N)=C/Nc1ccccc1C(=O)OC. The van der Waals surface area contributed by atoms with Gasteiger partial charge in [-0.3, -0.25) is 0 Å². The fourth-order valence-electron chi connectivity index (χ4n) is 1.39. The van der Waals surface area contributed by atoms with E-state index in [9.17, 15) is 9.59 Å². The van der Waals surface area contributed by atoms with Crippen LogP contribution in [0.4, 0.5) is 5.69 Å². The predicted octanol–water partition coefficient (Wildman–Crippen LogP) is 1.86. The second-order valence-electron chi connectivity index (χ2n) is 3.57. The van der Waals surface area contributed by atoms with Gasteiger partial charge in [-0.15, -0.1) is 0 Å². The van der Waals surface area contributed by atoms with E-state index in [-0.39, 0.29) is 12.2 Å². The maximum Gasteiger partial charge on any atom is 0.350 e. The highest BCUT2D eigenvalue weighted by Gasteiger charge is 2.12. The number of nitriles is 1. The first-order valence-corrected chi connectivity index (χ1v) is 5.85. The van der Waals surface area contributed by atoms with Crippen molar-refractivity contribution in [3.05, 3.63) is 41.6 Å². The Bertz CT molecular complexity index is 573. The van der Waals surface area contributed by atoms with Crippen molar-refractivity contribution in [3.8, 4) is 6.07 Å². The molecule has 1 N–H and O–H groups in total. The number of anilines is 1. The number of rotatable bonds is 5. The van der Waals surface area contributed by atoms with Crippen molar-refractivity contribution in [1.29, 1.82) is 5.26 Å². The van der Waals surface area contributed by atoms with Crippen molar-refractivity contribution in [2.24, 2.45) is 0 Å². The maximum absolute atomic E-state index is 11.5. The molecule has 6 nitrogen and oxygen atoms in total. The van der Waals surface area contributed by atoms with Crippen LogP contribution >= 0.6 is 0 Å². The minimum Gasteiger partial charge on any atom is -0.465 e. The highest BCUT2D eigenvalue weighted by molar-refractivity contribution is 5.96. The fourth-order valence-corrected chi connectivity index (χ4v) is 1.39. The molecular weight excluding hydrogens is 260 g/mol. The van der Waals surface area contributed by atoms with Crippen molar-refractivity contribution in [2.75, 3.05) is 19.0 Å². The molecule has 0 aliphatic rings. The predicted molar refractivity (Wildman–Crippen MR) is 71.7 cm³/mol. The summed E-state index contributed by atoms with van der Waals surface area (Å²) < 4.78 is 9.36. The molecule has 0 spiro atoms. The number of hydrogen-bond acceptors (Lipinski definition) is 6. The third kappa shape index (κ3) is 3.85. The lowest BCUT2D eigenvalue weighted by Gasteiger charge is -2.07. The van der Waals surface area contributed by atoms with Gasteiger partial charge in [0, 0.05) is 6.20 Å². The first-order valence-electron chi connectivity index (χ1n) is 5.85. The Morgan fingerprint density at radius 1 is 1.40 bits per heavy atom. The van der Waals surface area contributed by atoms with Crippen molar-refractivity contribution in [1.82, 2.24) is 0 Å². The van der Waals surface area contributed by atoms with E-state index in [4.69, 9.17) is 10.00 Å². The molecule has 1 aromatic rings. The van der Waals surface area contributed by atoms with Crippen molar-refractivity contribution < 1.29 is 19.1 Å². The molecule has 0 radical (unpaired) electrons. The number of methoxy groups -OCH3 is 1. The molecule has 0 saturated heterocycles. The van der Waals surface area contributed by atoms with E-state index in [0.717, 1.165) is 0 Å². The zero-order valence-corrected chi connectivity index (χ0v) is 11.2. The molecule has 0 aliphatic heterocycles. The lowest BCUT2D eigenvalue weighted by atomic mass is 10.2. The fraction of sp³-hybridized carbons (Fsp3) is 0.214. The summed E-state index contributed by atoms with van der Waals surface area (Å²) in [5.74, 6) is -1.24. The molecule has 0 fully saturated rings. The summed E-state index contributed by atoms with van der Waals surface area (Å²) in [5.41, 5.74) is 0.537. The molecule has 20 heavy (non-hydrogen) atoms. The Kier molecular flexibility index (Phi) is 5.78. The normalized spacial score (nSPS) is 10.3. The highest BCUT2D eigenvalue weighted by atomic mass is 16.5. The Hall–Kier alpha value is -2.81. The molecule has 0 bridgehead atoms. The van der Waals surface area contributed by atoms with Crippen LogP contribution in [-0.4, -0.2) is 25.7 Å². The van der Waals surface area contributed by atoms with Gasteiger partial charge in [0.15, 0.2) is 5.57 Å². The Morgan fingerprint density at radius 2 is 2.10 bits per heavy atom. The summed E-state index contributed by atoms with van der Waals surface area (Å²) in [7, 11) is 1.27. The summed E-state index contributed by atoms with van der Waals surface area (Å²) >= 11 is 0. The van der Waals surface area contributed by atoms with Crippen LogP contribution in [0.5, 0.6) is 0 Å². The third-order valence-electron chi connectivity index (χ3n) is 2.32. The summed E-state index contributed by atoms with van der Waals surface area (Å²) in [6.45, 7) is 1.82. The molecule has 1 aromatic carbocycles. The van der Waals surface area contributed by atoms with Crippen LogP contribution in [0.3, 0.4) is 0 Å². The van der Waals surface area contributed by atoms with Crippen LogP contribution < -0.4 is 5.32 Å². The van der Waals surface area contributed by atoms with Crippen molar-refractivity contribution in [3.63, 3.8) is 0 Å². The van der Waals surface area contributed by atoms with Gasteiger partial charge in [-0.25, -0.2) is 9.59 Å². The second kappa shape index (κ2) is 7.59. The van der Waals surface area contributed by atoms with E-state index in [0.29, 0.717) is 11.3 Å². The Morgan fingerprint density at radius 3 is 2.70 bits per heavy atom. The smallest absolute Gasteiger partial charge is 0.350 e. The number of nitrogens with zero attached hydrogens (tertiary/aromatic N) is 1. The number of ether oxygens (including phenoxy) is 2. The molecule has 104 valence electrons. The van der Waals surface area contributed by atoms with Gasteiger partial charge >= 0.3 is 11.9 Å². The molecule has 1 rings (SSSR count). The number of hydrogen-bond donors (Lipinski definition) is 1. The van der Waals surface area contributed by atoms with Crippen LogP contribution in [0.1, 0.15) is 17.3 Å². The summed E-state index contributed by atoms with van der Waals surface area (Å²) in [6, 6.07) is 8.31. The first-order chi connectivity index (χ1) is 9.63. The number of esters is 2. The van der Waals surface area contributed by atoms with Crippen LogP contribution in [-0.2, 0) is 14.3 Å². The van der Waals surface area contributed by atoms with E-state index in [1.165, 1.54) is 13.3 Å². The van der Waals surface area contributed by atoms with Gasteiger partial charge in [-0.2, -0.15) is 5.26 Å². The number of nitrogens with one attached hydrogen (secondary N) is 1. The number of para-hydroxylation sites is 1. The van der Waals surface area contributed by atoms with Gasteiger partial charge in [0.1, 0.15) is 6.07 Å². The van der Waals surface area contributed by atoms with Gasteiger partial charge in [0.2, 0.25) is 0 Å². The summed E-state index contributed by atoms with van der Waals surface area (Å²) in [5, 5.41) is 11.6. The van der Waals surface area contributed by atoms with Crippen LogP contribution in [0.2, 0.25) is 0 Å². The maximum atomic E-state index is 11.5. The van der Waals surface area contributed by atoms with Gasteiger partial charge in [0.25, 0.3) is 0 Å². The monoisotopic (exact) mass is 274 g/mol. The zero-order chi connectivity index (χ0) is 15.0. The van der Waals surface area contributed by atoms with Gasteiger partial charge in [-0.1, -0.05) is 12.1 Å². The first kappa shape index (κ1) is 15.2. The minimum absolute atomic E-state index is 0.177. The molecule has 0 saturated carbocycles. The van der Waals surface area contributed by atoms with Crippen LogP contribution in [0.15, 0.2) is 36.0 Å². The molecule has 0 atom stereocenters. The van der Waals surface area contributed by atoms with Gasteiger partial charge in [0.05, 0.1) is 25.0 Å². The number of carbonyl (C=O) groups is 2. The Labute approximate surface area is 116 Å². The van der Waals surface area contributed by atoms with Crippen LogP contribution in [0, 0.1) is 11.3 Å². The van der Waals surface area contributed by atoms with E-state index < -0.39 is 11.9 Å². The van der Waals surface area contributed by atoms with Crippen LogP contribution in [0.25, 0.3) is 0 Å². The van der Waals surface area contributed by atoms with E-state index in [1.807, 2.05) is 0 Å². The lowest BCUT2D eigenvalue weighted by molar-refractivity contribution is -0.138. The van der Waals surface area contributed by atoms with Gasteiger partial charge in [-0.05, 0) is 19.1 Å². The molecule has 0 aliphatic carbocycles. The number of benzene rings is 1. The highest BCUT2D eigenvalue weighted by Crippen LogP contribution is 2.16. The third-order valence-corrected chi connectivity index (χ3v) is 2.32. The standard InChI is InChI=1S/C14H14N2O4/c1-3-20-13(17)10(8-15)9-16-12-7-5-4-6-11(12)14(18)19-2/h4-7,9,16H,3H2,1-2H3/b10-9+. The molecule has 0 aromatic heterocycles. The van der Waals surface area contributed by atoms with E-state index in [2.05, 4.69) is 10.1 Å². The van der Waals surface area contributed by atoms with E-state index in [1.54, 1.807) is 37.3 Å². The number of carbonyl (C=O) groups excluding carboxylic acids is 2. The zero-order valence-electron chi connectivity index (χ0n) is 11.2. The Balaban J connectivity index is 2.96. The average Bonchev–Trinajstić information content (AvgIpc) is 2.47. The van der Waals surface area contributed by atoms with E-state index >= 15 is 0 Å². The molecule has 0 heterocycles. The van der Waals surface area contributed by atoms with Gasteiger partial charge < -0.3 is 14.8 Å². The minimum atomic E-state index is -0.724. The topological polar surface area (TPSA) is 88.4 Å². The molecule has 6 heteroatoms. The average molecular weight is 274 g/mol. The molecule has 0 amide bonds. The molecule has 0 unspecified atom stereocenters. The second-order valence-corrected chi connectivity index (χ2v) is 3.57. The van der Waals surface area contributed by atoms with Crippen molar-refractivity contribution >= 4 is 17.6 Å². The lowest BCUT2D eigenvalue weighted by Crippen LogP contribution is -2.09.